The van der Waals surface area contributed by atoms with Crippen LogP contribution in [0.2, 0.25) is 0 Å². The quantitative estimate of drug-likeness (QED) is 0.358. The van der Waals surface area contributed by atoms with E-state index >= 15 is 0 Å². The van der Waals surface area contributed by atoms with Gasteiger partial charge >= 0.3 is 11.8 Å². The molecule has 114 valence electrons. The summed E-state index contributed by atoms with van der Waals surface area (Å²) in [6, 6.07) is 0. The Hall–Kier alpha value is -1.76. The second-order valence-electron chi connectivity index (χ2n) is 3.67. The highest BCUT2D eigenvalue weighted by molar-refractivity contribution is 8.11. The summed E-state index contributed by atoms with van der Waals surface area (Å²) in [5, 5.41) is 1.55. The number of nitrogens with one attached hydrogen (secondary N) is 2. The molecule has 0 saturated carbocycles. The van der Waals surface area contributed by atoms with E-state index in [1.54, 1.807) is 0 Å². The molecule has 22 heavy (non-hydrogen) atoms. The van der Waals surface area contributed by atoms with Crippen molar-refractivity contribution in [3.63, 3.8) is 0 Å². The van der Waals surface area contributed by atoms with E-state index < -0.39 is 11.8 Å². The molecule has 2 amide bonds. The molecule has 0 radical (unpaired) electrons. The van der Waals surface area contributed by atoms with Gasteiger partial charge in [0.25, 0.3) is 0 Å². The zero-order chi connectivity index (χ0) is 16.3. The van der Waals surface area contributed by atoms with Crippen molar-refractivity contribution in [1.82, 2.24) is 30.0 Å². The van der Waals surface area contributed by atoms with E-state index in [9.17, 15) is 9.59 Å². The van der Waals surface area contributed by atoms with Crippen molar-refractivity contribution >= 4 is 70.1 Å². The normalized spacial score (nSPS) is 10.1. The molecule has 0 aliphatic carbocycles. The fourth-order valence-electron chi connectivity index (χ4n) is 1.49. The van der Waals surface area contributed by atoms with Crippen molar-refractivity contribution in [3.05, 3.63) is 36.4 Å². The molecule has 0 unspecified atom stereocenters. The van der Waals surface area contributed by atoms with Gasteiger partial charge in [0.15, 0.2) is 20.3 Å². The monoisotopic (exact) mass is 372 g/mol. The van der Waals surface area contributed by atoms with E-state index in [4.69, 9.17) is 24.4 Å². The average molecular weight is 372 g/mol. The van der Waals surface area contributed by atoms with Crippen LogP contribution in [-0.2, 0) is 0 Å². The fraction of sp³-hybridized carbons (Fsp3) is 0. The summed E-state index contributed by atoms with van der Waals surface area (Å²) in [7, 11) is 0. The summed E-state index contributed by atoms with van der Waals surface area (Å²) in [5.41, 5.74) is 0. The lowest BCUT2D eigenvalue weighted by atomic mass is 10.5. The lowest BCUT2D eigenvalue weighted by molar-refractivity contribution is 0.0477. The molecule has 0 aliphatic heterocycles. The Kier molecular flexibility index (Phi) is 5.28. The van der Waals surface area contributed by atoms with Crippen LogP contribution in [-0.4, -0.2) is 50.4 Å². The fourth-order valence-corrected chi connectivity index (χ4v) is 2.18. The van der Waals surface area contributed by atoms with Crippen LogP contribution in [0, 0.1) is 0 Å². The van der Waals surface area contributed by atoms with Crippen LogP contribution in [0.3, 0.4) is 0 Å². The van der Waals surface area contributed by atoms with Gasteiger partial charge in [0, 0.05) is 24.8 Å². The van der Waals surface area contributed by atoms with Crippen molar-refractivity contribution < 1.29 is 9.59 Å². The van der Waals surface area contributed by atoms with Gasteiger partial charge in [0.1, 0.15) is 0 Å². The van der Waals surface area contributed by atoms with Gasteiger partial charge in [0.05, 0.1) is 0 Å². The molecule has 0 aromatic carbocycles. The predicted molar refractivity (Wildman–Crippen MR) is 92.7 cm³/mol. The number of rotatable bonds is 2. The summed E-state index contributed by atoms with van der Waals surface area (Å²) < 4.78 is -0.421. The summed E-state index contributed by atoms with van der Waals surface area (Å²) in [5.74, 6) is -1.53. The maximum atomic E-state index is 12.4. The number of hydrogen-bond donors (Lipinski definition) is 4. The first-order chi connectivity index (χ1) is 10.4. The van der Waals surface area contributed by atoms with E-state index in [1.165, 1.54) is 24.8 Å². The van der Waals surface area contributed by atoms with Gasteiger partial charge in [-0.2, -0.15) is 10.0 Å². The number of hydrogen-bond acceptors (Lipinski definition) is 6. The largest absolute Gasteiger partial charge is 0.340 e. The summed E-state index contributed by atoms with van der Waals surface area (Å²) in [6.07, 6.45) is 5.66. The topological polar surface area (TPSA) is 98.0 Å². The van der Waals surface area contributed by atoms with E-state index in [-0.39, 0.29) is 20.3 Å². The number of hydrazine groups is 1. The second-order valence-corrected chi connectivity index (χ2v) is 5.90. The van der Waals surface area contributed by atoms with Crippen molar-refractivity contribution in [2.45, 2.75) is 0 Å². The summed E-state index contributed by atoms with van der Waals surface area (Å²) in [6.45, 7) is 0. The van der Waals surface area contributed by atoms with Gasteiger partial charge in [-0.05, 0) is 0 Å². The molecule has 0 spiro atoms. The van der Waals surface area contributed by atoms with Crippen molar-refractivity contribution in [1.29, 1.82) is 0 Å². The Labute approximate surface area is 146 Å². The third kappa shape index (κ3) is 3.35. The number of amides is 2. The lowest BCUT2D eigenvalue weighted by Gasteiger charge is -2.30. The first kappa shape index (κ1) is 16.6. The van der Waals surface area contributed by atoms with Crippen molar-refractivity contribution in [2.75, 3.05) is 0 Å². The molecule has 0 aliphatic rings. The summed E-state index contributed by atoms with van der Waals surface area (Å²) >= 11 is 17.8. The van der Waals surface area contributed by atoms with E-state index in [0.29, 0.717) is 0 Å². The highest BCUT2D eigenvalue weighted by Gasteiger charge is 2.34. The molecule has 0 fully saturated rings. The van der Waals surface area contributed by atoms with E-state index in [0.717, 1.165) is 10.0 Å². The highest BCUT2D eigenvalue weighted by Crippen LogP contribution is 2.14. The van der Waals surface area contributed by atoms with Gasteiger partial charge in [-0.1, -0.05) is 24.4 Å². The van der Waals surface area contributed by atoms with Gasteiger partial charge < -0.3 is 9.97 Å². The smallest absolute Gasteiger partial charge is 0.314 e. The third-order valence-corrected chi connectivity index (χ3v) is 3.07. The van der Waals surface area contributed by atoms with Gasteiger partial charge in [0.2, 0.25) is 0 Å². The van der Waals surface area contributed by atoms with Crippen LogP contribution in [0.4, 0.5) is 0 Å². The van der Waals surface area contributed by atoms with Crippen LogP contribution >= 0.6 is 49.7 Å². The molecule has 2 heterocycles. The van der Waals surface area contributed by atoms with Crippen LogP contribution in [0.5, 0.6) is 0 Å². The molecule has 0 saturated heterocycles. The molecule has 0 bridgehead atoms. The molecular formula is C10H8N6O2S4. The van der Waals surface area contributed by atoms with E-state index in [1.807, 2.05) is 0 Å². The molecule has 8 nitrogen and oxygen atoms in total. The molecule has 2 rings (SSSR count). The maximum absolute atomic E-state index is 12.4. The number of aromatic amines is 2. The molecular weight excluding hydrogens is 364 g/mol. The van der Waals surface area contributed by atoms with Gasteiger partial charge in [-0.3, -0.25) is 9.59 Å². The molecule has 2 aromatic heterocycles. The first-order valence-electron chi connectivity index (χ1n) is 5.57. The summed E-state index contributed by atoms with van der Waals surface area (Å²) in [4.78, 5) is 37.7. The number of H-pyrrole nitrogens is 2. The van der Waals surface area contributed by atoms with Crippen LogP contribution in [0.25, 0.3) is 0 Å². The second kappa shape index (κ2) is 7.00. The van der Waals surface area contributed by atoms with Crippen molar-refractivity contribution in [2.24, 2.45) is 0 Å². The number of carbonyl (C=O) groups is 2. The minimum Gasteiger partial charge on any atom is -0.340 e. The first-order valence-corrected chi connectivity index (χ1v) is 7.28. The SMILES string of the molecule is O=C(c1ncc[nH]1)N(C(=S)S)N(C(=O)c1ncc[nH]1)C(=S)S. The Morgan fingerprint density at radius 2 is 1.27 bits per heavy atom. The number of imidazole rings is 2. The Morgan fingerprint density at radius 1 is 0.909 bits per heavy atom. The molecule has 0 atom stereocenters. The molecule has 2 N–H and O–H groups in total. The maximum Gasteiger partial charge on any atom is 0.314 e. The number of nitrogens with zero attached hydrogens (tertiary/aromatic N) is 4. The Balaban J connectivity index is 2.43. The van der Waals surface area contributed by atoms with Crippen LogP contribution < -0.4 is 0 Å². The van der Waals surface area contributed by atoms with Gasteiger partial charge in [-0.15, -0.1) is 25.3 Å². The number of thiocarbonyl (C=S) groups is 2. The third-order valence-electron chi connectivity index (χ3n) is 2.35. The van der Waals surface area contributed by atoms with Crippen LogP contribution in [0.15, 0.2) is 24.8 Å². The standard InChI is InChI=1S/C10H8N6O2S4/c17-7(5-11-1-2-12-5)15(9(19)20)16(10(21)22)8(18)6-13-3-4-14-6/h1-4H,(H,11,12)(H,13,14)(H,19,20)(H,21,22). The van der Waals surface area contributed by atoms with Crippen LogP contribution in [0.1, 0.15) is 21.2 Å². The van der Waals surface area contributed by atoms with Crippen molar-refractivity contribution in [3.8, 4) is 0 Å². The van der Waals surface area contributed by atoms with E-state index in [2.05, 4.69) is 45.2 Å². The zero-order valence-corrected chi connectivity index (χ0v) is 14.0. The average Bonchev–Trinajstić information content (AvgIpc) is 3.13. The predicted octanol–water partition coefficient (Wildman–Crippen LogP) is 1.06. The Morgan fingerprint density at radius 3 is 1.50 bits per heavy atom. The Bertz CT molecular complexity index is 652. The molecule has 2 aromatic rings. The zero-order valence-electron chi connectivity index (χ0n) is 10.6. The van der Waals surface area contributed by atoms with Gasteiger partial charge in [-0.25, -0.2) is 9.97 Å². The number of thiol groups is 2. The number of aromatic nitrogens is 4. The minimum atomic E-state index is -0.721. The molecule has 12 heteroatoms. The lowest BCUT2D eigenvalue weighted by Crippen LogP contribution is -2.52. The number of carbonyl (C=O) groups excluding carboxylic acids is 2. The minimum absolute atomic E-state index is 0.0433. The highest BCUT2D eigenvalue weighted by atomic mass is 32.1.